The fraction of sp³-hybridized carbons (Fsp3) is 0.467. The van der Waals surface area contributed by atoms with Crippen LogP contribution in [0.15, 0.2) is 24.3 Å². The number of nitriles is 1. The Morgan fingerprint density at radius 1 is 1.32 bits per heavy atom. The molecular weight excluding hydrogens is 238 g/mol. The van der Waals surface area contributed by atoms with Crippen molar-refractivity contribution in [3.05, 3.63) is 24.3 Å². The van der Waals surface area contributed by atoms with E-state index in [0.29, 0.717) is 13.0 Å². The molecule has 1 atom stereocenters. The summed E-state index contributed by atoms with van der Waals surface area (Å²) in [4.78, 5) is 15.8. The van der Waals surface area contributed by atoms with E-state index in [1.807, 2.05) is 24.3 Å². The lowest BCUT2D eigenvalue weighted by atomic mass is 10.1. The van der Waals surface area contributed by atoms with Gasteiger partial charge in [0.2, 0.25) is 5.91 Å². The first-order valence-corrected chi connectivity index (χ1v) is 6.74. The molecule has 100 valence electrons. The predicted octanol–water partition coefficient (Wildman–Crippen LogP) is 2.41. The molecule has 1 aromatic rings. The second-order valence-electron chi connectivity index (χ2n) is 4.72. The summed E-state index contributed by atoms with van der Waals surface area (Å²) >= 11 is 0. The molecule has 0 aromatic heterocycles. The maximum absolute atomic E-state index is 11.8. The maximum atomic E-state index is 11.8. The summed E-state index contributed by atoms with van der Waals surface area (Å²) in [7, 11) is 0. The largest absolute Gasteiger partial charge is 0.372 e. The number of carbonyl (C=O) groups excluding carboxylic acids is 1. The normalized spacial score (nSPS) is 18.5. The van der Waals surface area contributed by atoms with E-state index in [-0.39, 0.29) is 11.8 Å². The van der Waals surface area contributed by atoms with E-state index in [9.17, 15) is 4.79 Å². The van der Waals surface area contributed by atoms with Crippen molar-refractivity contribution in [3.63, 3.8) is 0 Å². The van der Waals surface area contributed by atoms with Gasteiger partial charge in [0.25, 0.3) is 0 Å². The highest BCUT2D eigenvalue weighted by Gasteiger charge is 2.30. The van der Waals surface area contributed by atoms with Gasteiger partial charge in [-0.15, -0.1) is 0 Å². The topological polar surface area (TPSA) is 47.3 Å². The molecule has 1 unspecified atom stereocenters. The lowest BCUT2D eigenvalue weighted by Crippen LogP contribution is -2.25. The first-order chi connectivity index (χ1) is 9.19. The van der Waals surface area contributed by atoms with Gasteiger partial charge in [0.05, 0.1) is 12.0 Å². The molecule has 1 fully saturated rings. The molecule has 0 spiro atoms. The molecule has 2 rings (SSSR count). The van der Waals surface area contributed by atoms with E-state index in [1.165, 1.54) is 0 Å². The van der Waals surface area contributed by atoms with Gasteiger partial charge < -0.3 is 9.80 Å². The number of benzene rings is 1. The van der Waals surface area contributed by atoms with Crippen molar-refractivity contribution in [2.75, 3.05) is 29.4 Å². The van der Waals surface area contributed by atoms with Crippen LogP contribution in [0.4, 0.5) is 11.4 Å². The summed E-state index contributed by atoms with van der Waals surface area (Å²) in [5.74, 6) is -0.128. The Morgan fingerprint density at radius 2 is 1.95 bits per heavy atom. The van der Waals surface area contributed by atoms with Crippen molar-refractivity contribution in [1.82, 2.24) is 0 Å². The van der Waals surface area contributed by atoms with Crippen LogP contribution in [0.5, 0.6) is 0 Å². The third-order valence-corrected chi connectivity index (χ3v) is 3.60. The van der Waals surface area contributed by atoms with Crippen LogP contribution in [-0.2, 0) is 4.79 Å². The molecule has 0 aliphatic carbocycles. The number of hydrogen-bond acceptors (Lipinski definition) is 3. The van der Waals surface area contributed by atoms with Crippen LogP contribution in [0.25, 0.3) is 0 Å². The van der Waals surface area contributed by atoms with E-state index < -0.39 is 0 Å². The van der Waals surface area contributed by atoms with Crippen LogP contribution in [0, 0.1) is 17.2 Å². The number of amides is 1. The second kappa shape index (κ2) is 5.75. The van der Waals surface area contributed by atoms with Gasteiger partial charge in [0.15, 0.2) is 0 Å². The molecule has 1 aromatic carbocycles. The van der Waals surface area contributed by atoms with Gasteiger partial charge in [0.1, 0.15) is 0 Å². The summed E-state index contributed by atoms with van der Waals surface area (Å²) in [5, 5.41) is 8.89. The minimum Gasteiger partial charge on any atom is -0.372 e. The van der Waals surface area contributed by atoms with Gasteiger partial charge in [-0.25, -0.2) is 0 Å². The average Bonchev–Trinajstić information content (AvgIpc) is 2.82. The predicted molar refractivity (Wildman–Crippen MR) is 76.1 cm³/mol. The average molecular weight is 257 g/mol. The van der Waals surface area contributed by atoms with Gasteiger partial charge in [0, 0.05) is 37.4 Å². The lowest BCUT2D eigenvalue weighted by molar-refractivity contribution is -0.117. The summed E-state index contributed by atoms with van der Waals surface area (Å²) in [6.07, 6.45) is 0.342. The zero-order valence-corrected chi connectivity index (χ0v) is 11.5. The molecule has 1 aliphatic heterocycles. The Labute approximate surface area is 114 Å². The molecule has 1 amide bonds. The fourth-order valence-electron chi connectivity index (χ4n) is 2.48. The molecule has 0 N–H and O–H groups in total. The van der Waals surface area contributed by atoms with Gasteiger partial charge in [-0.1, -0.05) is 0 Å². The highest BCUT2D eigenvalue weighted by Crippen LogP contribution is 2.26. The second-order valence-corrected chi connectivity index (χ2v) is 4.72. The number of anilines is 2. The highest BCUT2D eigenvalue weighted by atomic mass is 16.2. The van der Waals surface area contributed by atoms with Gasteiger partial charge >= 0.3 is 0 Å². The van der Waals surface area contributed by atoms with Crippen molar-refractivity contribution in [2.24, 2.45) is 5.92 Å². The third-order valence-electron chi connectivity index (χ3n) is 3.60. The van der Waals surface area contributed by atoms with Crippen LogP contribution in [-0.4, -0.2) is 25.5 Å². The Hall–Kier alpha value is -2.02. The molecule has 0 saturated carbocycles. The lowest BCUT2D eigenvalue weighted by Gasteiger charge is -2.22. The Morgan fingerprint density at radius 3 is 2.42 bits per heavy atom. The standard InChI is InChI=1S/C15H19N3O/c1-3-17(4-2)13-5-7-14(8-6-13)18-11-12(10-16)9-15(18)19/h5-8,12H,3-4,9,11H2,1-2H3. The van der Waals surface area contributed by atoms with E-state index in [1.54, 1.807) is 4.90 Å². The van der Waals surface area contributed by atoms with E-state index >= 15 is 0 Å². The quantitative estimate of drug-likeness (QED) is 0.832. The molecule has 0 bridgehead atoms. The van der Waals surface area contributed by atoms with Crippen molar-refractivity contribution in [1.29, 1.82) is 5.26 Å². The SMILES string of the molecule is CCN(CC)c1ccc(N2CC(C#N)CC2=O)cc1. The van der Waals surface area contributed by atoms with E-state index in [2.05, 4.69) is 24.8 Å². The molecule has 1 aliphatic rings. The van der Waals surface area contributed by atoms with E-state index in [4.69, 9.17) is 5.26 Å². The summed E-state index contributed by atoms with van der Waals surface area (Å²) in [6, 6.07) is 10.2. The molecule has 1 heterocycles. The van der Waals surface area contributed by atoms with Crippen molar-refractivity contribution < 1.29 is 4.79 Å². The molecule has 1 saturated heterocycles. The number of rotatable bonds is 4. The number of nitrogens with zero attached hydrogens (tertiary/aromatic N) is 3. The number of hydrogen-bond donors (Lipinski definition) is 0. The van der Waals surface area contributed by atoms with Crippen LogP contribution < -0.4 is 9.80 Å². The van der Waals surface area contributed by atoms with Crippen LogP contribution in [0.2, 0.25) is 0 Å². The molecule has 4 heteroatoms. The number of carbonyl (C=O) groups is 1. The summed E-state index contributed by atoms with van der Waals surface area (Å²) in [6.45, 7) is 6.70. The highest BCUT2D eigenvalue weighted by molar-refractivity contribution is 5.96. The fourth-order valence-corrected chi connectivity index (χ4v) is 2.48. The summed E-state index contributed by atoms with van der Waals surface area (Å²) in [5.41, 5.74) is 2.05. The van der Waals surface area contributed by atoms with E-state index in [0.717, 1.165) is 24.5 Å². The maximum Gasteiger partial charge on any atom is 0.228 e. The smallest absolute Gasteiger partial charge is 0.228 e. The van der Waals surface area contributed by atoms with Crippen molar-refractivity contribution >= 4 is 17.3 Å². The van der Waals surface area contributed by atoms with Gasteiger partial charge in [-0.2, -0.15) is 5.26 Å². The Bertz CT molecular complexity index is 485. The molecular formula is C15H19N3O. The first-order valence-electron chi connectivity index (χ1n) is 6.74. The summed E-state index contributed by atoms with van der Waals surface area (Å²) < 4.78 is 0. The third kappa shape index (κ3) is 2.70. The Balaban J connectivity index is 2.15. The van der Waals surface area contributed by atoms with Gasteiger partial charge in [-0.3, -0.25) is 4.79 Å². The Kier molecular flexibility index (Phi) is 4.06. The zero-order chi connectivity index (χ0) is 13.8. The van der Waals surface area contributed by atoms with Crippen molar-refractivity contribution in [3.8, 4) is 6.07 Å². The minimum absolute atomic E-state index is 0.0436. The molecule has 19 heavy (non-hydrogen) atoms. The minimum atomic E-state index is -0.171. The van der Waals surface area contributed by atoms with Crippen molar-refractivity contribution in [2.45, 2.75) is 20.3 Å². The first kappa shape index (κ1) is 13.4. The zero-order valence-electron chi connectivity index (χ0n) is 11.5. The molecule has 4 nitrogen and oxygen atoms in total. The molecule has 0 radical (unpaired) electrons. The van der Waals surface area contributed by atoms with Gasteiger partial charge in [-0.05, 0) is 38.1 Å². The van der Waals surface area contributed by atoms with Crippen LogP contribution in [0.1, 0.15) is 20.3 Å². The van der Waals surface area contributed by atoms with Crippen LogP contribution >= 0.6 is 0 Å². The van der Waals surface area contributed by atoms with Crippen LogP contribution in [0.3, 0.4) is 0 Å². The monoisotopic (exact) mass is 257 g/mol.